The molecule has 0 aliphatic heterocycles. The molecule has 0 radical (unpaired) electrons. The van der Waals surface area contributed by atoms with E-state index in [9.17, 15) is 14.4 Å². The largest absolute Gasteiger partial charge is 0.496 e. The average molecular weight is 311 g/mol. The number of carboxylic acid groups (broad SMARTS) is 1. The minimum atomic E-state index is -0.711. The number of esters is 1. The number of ether oxygens (including phenoxy) is 2. The van der Waals surface area contributed by atoms with Gasteiger partial charge in [-0.1, -0.05) is 6.92 Å². The number of nitrogens with one attached hydrogen (secondary N) is 1. The minimum Gasteiger partial charge on any atom is -0.496 e. The molecule has 122 valence electrons. The third-order valence-corrected chi connectivity index (χ3v) is 2.39. The smallest absolute Gasteiger partial charge is 0.341 e. The molecule has 7 heteroatoms. The van der Waals surface area contributed by atoms with E-state index in [0.29, 0.717) is 23.4 Å². The van der Waals surface area contributed by atoms with Crippen molar-refractivity contribution < 1.29 is 29.0 Å². The summed E-state index contributed by atoms with van der Waals surface area (Å²) in [6.07, 6.45) is 1.02. The molecular weight excluding hydrogens is 290 g/mol. The fourth-order valence-electron chi connectivity index (χ4n) is 1.46. The van der Waals surface area contributed by atoms with Gasteiger partial charge in [0, 0.05) is 25.1 Å². The number of methoxy groups -OCH3 is 2. The van der Waals surface area contributed by atoms with Crippen molar-refractivity contribution in [2.75, 3.05) is 19.5 Å². The average Bonchev–Trinajstić information content (AvgIpc) is 2.46. The number of rotatable bonds is 5. The van der Waals surface area contributed by atoms with Gasteiger partial charge in [-0.05, 0) is 18.6 Å². The van der Waals surface area contributed by atoms with E-state index in [4.69, 9.17) is 9.84 Å². The Morgan fingerprint density at radius 2 is 1.86 bits per heavy atom. The highest BCUT2D eigenvalue weighted by Gasteiger charge is 2.13. The van der Waals surface area contributed by atoms with Gasteiger partial charge >= 0.3 is 11.9 Å². The summed E-state index contributed by atoms with van der Waals surface area (Å²) >= 11 is 0. The fourth-order valence-corrected chi connectivity index (χ4v) is 1.46. The van der Waals surface area contributed by atoms with E-state index >= 15 is 0 Å². The maximum atomic E-state index is 11.3. The second-order valence-electron chi connectivity index (χ2n) is 4.23. The first kappa shape index (κ1) is 19.4. The second-order valence-corrected chi connectivity index (χ2v) is 4.23. The van der Waals surface area contributed by atoms with Gasteiger partial charge in [-0.25, -0.2) is 4.79 Å². The van der Waals surface area contributed by atoms with Gasteiger partial charge in [0.15, 0.2) is 0 Å². The van der Waals surface area contributed by atoms with Gasteiger partial charge in [0.1, 0.15) is 11.3 Å². The minimum absolute atomic E-state index is 0.187. The van der Waals surface area contributed by atoms with Crippen LogP contribution in [0.2, 0.25) is 0 Å². The summed E-state index contributed by atoms with van der Waals surface area (Å²) in [4.78, 5) is 31.8. The van der Waals surface area contributed by atoms with Crippen LogP contribution < -0.4 is 10.1 Å². The number of amides is 1. The monoisotopic (exact) mass is 311 g/mol. The van der Waals surface area contributed by atoms with Gasteiger partial charge in [0.25, 0.3) is 0 Å². The number of hydrogen-bond donors (Lipinski definition) is 2. The first-order valence-electron chi connectivity index (χ1n) is 6.61. The predicted molar refractivity (Wildman–Crippen MR) is 81.2 cm³/mol. The Labute approximate surface area is 129 Å². The van der Waals surface area contributed by atoms with Gasteiger partial charge in [-0.3, -0.25) is 9.59 Å². The number of hydrogen-bond acceptors (Lipinski definition) is 5. The molecule has 0 saturated carbocycles. The van der Waals surface area contributed by atoms with Gasteiger partial charge in [0.05, 0.1) is 14.2 Å². The van der Waals surface area contributed by atoms with Gasteiger partial charge < -0.3 is 19.9 Å². The molecule has 7 nitrogen and oxygen atoms in total. The van der Waals surface area contributed by atoms with Crippen molar-refractivity contribution in [1.29, 1.82) is 0 Å². The van der Waals surface area contributed by atoms with E-state index in [1.165, 1.54) is 27.2 Å². The molecule has 0 aliphatic rings. The molecule has 22 heavy (non-hydrogen) atoms. The van der Waals surface area contributed by atoms with E-state index in [2.05, 4.69) is 10.1 Å². The molecule has 0 fully saturated rings. The van der Waals surface area contributed by atoms with Crippen LogP contribution in [0.5, 0.6) is 5.75 Å². The van der Waals surface area contributed by atoms with Crippen LogP contribution in [0.1, 0.15) is 37.0 Å². The Morgan fingerprint density at radius 1 is 1.23 bits per heavy atom. The van der Waals surface area contributed by atoms with Crippen molar-refractivity contribution in [3.8, 4) is 5.75 Å². The van der Waals surface area contributed by atoms with Crippen LogP contribution in [0, 0.1) is 0 Å². The van der Waals surface area contributed by atoms with Gasteiger partial charge in [0.2, 0.25) is 5.91 Å². The molecular formula is C15H21NO6. The van der Waals surface area contributed by atoms with Crippen molar-refractivity contribution in [3.63, 3.8) is 0 Å². The predicted octanol–water partition coefficient (Wildman–Crippen LogP) is 2.31. The van der Waals surface area contributed by atoms with E-state index in [1.54, 1.807) is 12.1 Å². The van der Waals surface area contributed by atoms with Crippen molar-refractivity contribution in [2.45, 2.75) is 26.7 Å². The molecule has 0 atom stereocenters. The molecule has 0 unspecified atom stereocenters. The Balaban J connectivity index is 0.000000626. The Morgan fingerprint density at radius 3 is 2.23 bits per heavy atom. The summed E-state index contributed by atoms with van der Waals surface area (Å²) in [7, 11) is 2.74. The van der Waals surface area contributed by atoms with Crippen LogP contribution in [-0.2, 0) is 14.3 Å². The van der Waals surface area contributed by atoms with Crippen molar-refractivity contribution >= 4 is 23.5 Å². The highest BCUT2D eigenvalue weighted by Crippen LogP contribution is 2.23. The lowest BCUT2D eigenvalue weighted by Crippen LogP contribution is -2.08. The zero-order chi connectivity index (χ0) is 17.1. The lowest BCUT2D eigenvalue weighted by atomic mass is 10.2. The number of aliphatic carboxylic acids is 1. The topological polar surface area (TPSA) is 102 Å². The summed E-state index contributed by atoms with van der Waals surface area (Å²) in [6.45, 7) is 3.24. The number of anilines is 1. The van der Waals surface area contributed by atoms with E-state index in [0.717, 1.165) is 6.42 Å². The summed E-state index contributed by atoms with van der Waals surface area (Å²) in [6, 6.07) is 4.71. The van der Waals surface area contributed by atoms with E-state index in [-0.39, 0.29) is 5.91 Å². The highest BCUT2D eigenvalue weighted by molar-refractivity contribution is 5.94. The quantitative estimate of drug-likeness (QED) is 0.809. The molecule has 0 spiro atoms. The van der Waals surface area contributed by atoms with Crippen LogP contribution in [0.3, 0.4) is 0 Å². The van der Waals surface area contributed by atoms with Crippen molar-refractivity contribution in [3.05, 3.63) is 23.8 Å². The lowest BCUT2D eigenvalue weighted by molar-refractivity contribution is -0.137. The maximum Gasteiger partial charge on any atom is 0.341 e. The normalized spacial score (nSPS) is 9.09. The van der Waals surface area contributed by atoms with Crippen LogP contribution in [0.4, 0.5) is 5.69 Å². The number of carbonyl (C=O) groups is 3. The van der Waals surface area contributed by atoms with Gasteiger partial charge in [-0.15, -0.1) is 0 Å². The van der Waals surface area contributed by atoms with E-state index < -0.39 is 11.9 Å². The molecule has 0 aromatic heterocycles. The van der Waals surface area contributed by atoms with Gasteiger partial charge in [-0.2, -0.15) is 0 Å². The molecule has 2 N–H and O–H groups in total. The van der Waals surface area contributed by atoms with Crippen LogP contribution in [0.25, 0.3) is 0 Å². The van der Waals surface area contributed by atoms with E-state index in [1.807, 2.05) is 6.92 Å². The third kappa shape index (κ3) is 7.28. The van der Waals surface area contributed by atoms with Crippen molar-refractivity contribution in [2.24, 2.45) is 0 Å². The van der Waals surface area contributed by atoms with Crippen LogP contribution in [0.15, 0.2) is 18.2 Å². The maximum absolute atomic E-state index is 11.3. The molecule has 1 amide bonds. The molecule has 0 aliphatic carbocycles. The summed E-state index contributed by atoms with van der Waals surface area (Å²) in [5.41, 5.74) is 0.885. The molecule has 0 heterocycles. The molecule has 0 saturated heterocycles. The zero-order valence-electron chi connectivity index (χ0n) is 13.1. The van der Waals surface area contributed by atoms with Crippen LogP contribution in [-0.4, -0.2) is 37.2 Å². The SMILES string of the molecule is CCCC(=O)O.COC(=O)c1ccc(NC(C)=O)cc1OC. The zero-order valence-corrected chi connectivity index (χ0v) is 13.1. The fraction of sp³-hybridized carbons (Fsp3) is 0.400. The summed E-state index contributed by atoms with van der Waals surface area (Å²) in [5, 5.41) is 10.5. The highest BCUT2D eigenvalue weighted by atomic mass is 16.5. The third-order valence-electron chi connectivity index (χ3n) is 2.39. The molecule has 0 bridgehead atoms. The Bertz CT molecular complexity index is 527. The number of benzene rings is 1. The Kier molecular flexibility index (Phi) is 9.01. The second kappa shape index (κ2) is 10.2. The van der Waals surface area contributed by atoms with Crippen molar-refractivity contribution in [1.82, 2.24) is 0 Å². The lowest BCUT2D eigenvalue weighted by Gasteiger charge is -2.09. The number of carboxylic acids is 1. The summed E-state index contributed by atoms with van der Waals surface area (Å²) in [5.74, 6) is -1.02. The Hall–Kier alpha value is -2.57. The van der Waals surface area contributed by atoms with Crippen LogP contribution >= 0.6 is 0 Å². The molecule has 1 aromatic carbocycles. The first-order valence-corrected chi connectivity index (χ1v) is 6.61. The molecule has 1 rings (SSSR count). The number of carbonyl (C=O) groups excluding carboxylic acids is 2. The molecule has 1 aromatic rings. The first-order chi connectivity index (χ1) is 10.3. The summed E-state index contributed by atoms with van der Waals surface area (Å²) < 4.78 is 9.63. The standard InChI is InChI=1S/C11H13NO4.C4H8O2/c1-7(13)12-8-4-5-9(11(14)16-3)10(6-8)15-2;1-2-3-4(5)6/h4-6H,1-3H3,(H,12,13);2-3H2,1H3,(H,5,6).